The van der Waals surface area contributed by atoms with Gasteiger partial charge in [0.05, 0.1) is 5.52 Å². The quantitative estimate of drug-likeness (QED) is 0.822. The fourth-order valence-electron chi connectivity index (χ4n) is 2.46. The van der Waals surface area contributed by atoms with Crippen LogP contribution in [0, 0.1) is 0 Å². The van der Waals surface area contributed by atoms with Crippen molar-refractivity contribution in [1.82, 2.24) is 4.98 Å². The number of para-hydroxylation sites is 1. The number of fused-ring (bicyclic) bond motifs is 1. The van der Waals surface area contributed by atoms with Crippen LogP contribution in [0.5, 0.6) is 0 Å². The van der Waals surface area contributed by atoms with Crippen molar-refractivity contribution in [2.45, 2.75) is 13.3 Å². The standard InChI is InChI=1S/C15H18N2S/c1-2-12-11-15(17-7-9-18-10-8-17)13-5-3-4-6-14(13)16-12/h3-6,11H,2,7-10H2,1H3. The van der Waals surface area contributed by atoms with Crippen molar-refractivity contribution in [2.24, 2.45) is 0 Å². The molecule has 1 fully saturated rings. The van der Waals surface area contributed by atoms with E-state index in [9.17, 15) is 0 Å². The normalized spacial score (nSPS) is 16.2. The lowest BCUT2D eigenvalue weighted by Gasteiger charge is -2.29. The molecule has 18 heavy (non-hydrogen) atoms. The van der Waals surface area contributed by atoms with Gasteiger partial charge in [0.1, 0.15) is 0 Å². The zero-order valence-electron chi connectivity index (χ0n) is 10.7. The average molecular weight is 258 g/mol. The second-order valence-corrected chi connectivity index (χ2v) is 5.83. The van der Waals surface area contributed by atoms with E-state index in [1.165, 1.54) is 28.3 Å². The van der Waals surface area contributed by atoms with Gasteiger partial charge in [-0.05, 0) is 18.6 Å². The van der Waals surface area contributed by atoms with Gasteiger partial charge in [0.25, 0.3) is 0 Å². The molecule has 1 aromatic carbocycles. The third-order valence-corrected chi connectivity index (χ3v) is 4.40. The predicted molar refractivity (Wildman–Crippen MR) is 80.7 cm³/mol. The minimum atomic E-state index is 1.00. The summed E-state index contributed by atoms with van der Waals surface area (Å²) in [5.74, 6) is 2.47. The molecule has 1 aromatic heterocycles. The maximum absolute atomic E-state index is 4.72. The van der Waals surface area contributed by atoms with Crippen LogP contribution in [0.4, 0.5) is 5.69 Å². The maximum atomic E-state index is 4.72. The van der Waals surface area contributed by atoms with Crippen molar-refractivity contribution in [3.63, 3.8) is 0 Å². The molecule has 2 nitrogen and oxygen atoms in total. The number of aromatic nitrogens is 1. The Kier molecular flexibility index (Phi) is 3.41. The first-order chi connectivity index (χ1) is 8.88. The molecule has 0 amide bonds. The molecule has 1 aliphatic rings. The maximum Gasteiger partial charge on any atom is 0.0726 e. The Morgan fingerprint density at radius 1 is 1.22 bits per heavy atom. The van der Waals surface area contributed by atoms with Crippen molar-refractivity contribution < 1.29 is 0 Å². The van der Waals surface area contributed by atoms with E-state index in [2.05, 4.69) is 53.9 Å². The monoisotopic (exact) mass is 258 g/mol. The van der Waals surface area contributed by atoms with Crippen LogP contribution in [0.15, 0.2) is 30.3 Å². The lowest BCUT2D eigenvalue weighted by atomic mass is 10.1. The van der Waals surface area contributed by atoms with Crippen molar-refractivity contribution in [2.75, 3.05) is 29.5 Å². The number of rotatable bonds is 2. The van der Waals surface area contributed by atoms with Crippen LogP contribution >= 0.6 is 11.8 Å². The Morgan fingerprint density at radius 3 is 2.78 bits per heavy atom. The van der Waals surface area contributed by atoms with Gasteiger partial charge in [-0.2, -0.15) is 11.8 Å². The average Bonchev–Trinajstić information content (AvgIpc) is 2.47. The summed E-state index contributed by atoms with van der Waals surface area (Å²) >= 11 is 2.05. The number of nitrogens with zero attached hydrogens (tertiary/aromatic N) is 2. The van der Waals surface area contributed by atoms with Crippen LogP contribution in [-0.4, -0.2) is 29.6 Å². The fourth-order valence-corrected chi connectivity index (χ4v) is 3.36. The minimum absolute atomic E-state index is 1.00. The second kappa shape index (κ2) is 5.19. The molecule has 94 valence electrons. The van der Waals surface area contributed by atoms with Crippen LogP contribution < -0.4 is 4.90 Å². The molecule has 2 aromatic rings. The zero-order valence-corrected chi connectivity index (χ0v) is 11.5. The summed E-state index contributed by atoms with van der Waals surface area (Å²) in [4.78, 5) is 7.23. The van der Waals surface area contributed by atoms with Crippen LogP contribution in [0.25, 0.3) is 10.9 Å². The number of hydrogen-bond acceptors (Lipinski definition) is 3. The number of hydrogen-bond donors (Lipinski definition) is 0. The zero-order chi connectivity index (χ0) is 12.4. The van der Waals surface area contributed by atoms with E-state index in [4.69, 9.17) is 4.98 Å². The minimum Gasteiger partial charge on any atom is -0.369 e. The van der Waals surface area contributed by atoms with Gasteiger partial charge in [0.15, 0.2) is 0 Å². The lowest BCUT2D eigenvalue weighted by Crippen LogP contribution is -2.32. The lowest BCUT2D eigenvalue weighted by molar-refractivity contribution is 0.859. The van der Waals surface area contributed by atoms with Gasteiger partial charge in [0, 0.05) is 41.4 Å². The van der Waals surface area contributed by atoms with E-state index < -0.39 is 0 Å². The van der Waals surface area contributed by atoms with Gasteiger partial charge in [-0.3, -0.25) is 4.98 Å². The summed E-state index contributed by atoms with van der Waals surface area (Å²) in [6, 6.07) is 10.8. The van der Waals surface area contributed by atoms with Gasteiger partial charge in [0.2, 0.25) is 0 Å². The Morgan fingerprint density at radius 2 is 2.00 bits per heavy atom. The second-order valence-electron chi connectivity index (χ2n) is 4.60. The molecule has 0 bridgehead atoms. The molecular weight excluding hydrogens is 240 g/mol. The Labute approximate surface area is 112 Å². The highest BCUT2D eigenvalue weighted by Gasteiger charge is 2.14. The summed E-state index contributed by atoms with van der Waals surface area (Å²) < 4.78 is 0. The van der Waals surface area contributed by atoms with Crippen LogP contribution in [0.2, 0.25) is 0 Å². The third kappa shape index (κ3) is 2.19. The number of aryl methyl sites for hydroxylation is 1. The number of thioether (sulfide) groups is 1. The van der Waals surface area contributed by atoms with Gasteiger partial charge < -0.3 is 4.90 Å². The van der Waals surface area contributed by atoms with Gasteiger partial charge in [-0.15, -0.1) is 0 Å². The van der Waals surface area contributed by atoms with Crippen molar-refractivity contribution in [3.8, 4) is 0 Å². The fraction of sp³-hybridized carbons (Fsp3) is 0.400. The number of anilines is 1. The highest BCUT2D eigenvalue weighted by Crippen LogP contribution is 2.28. The van der Waals surface area contributed by atoms with E-state index in [0.29, 0.717) is 0 Å². The van der Waals surface area contributed by atoms with Crippen molar-refractivity contribution in [3.05, 3.63) is 36.0 Å². The number of benzene rings is 1. The molecule has 1 aliphatic heterocycles. The summed E-state index contributed by atoms with van der Waals surface area (Å²) in [7, 11) is 0. The van der Waals surface area contributed by atoms with Crippen LogP contribution in [-0.2, 0) is 6.42 Å². The molecule has 0 spiro atoms. The molecular formula is C15H18N2S. The SMILES string of the molecule is CCc1cc(N2CCSCC2)c2ccccc2n1. The smallest absolute Gasteiger partial charge is 0.0726 e. The largest absolute Gasteiger partial charge is 0.369 e. The Bertz CT molecular complexity index is 547. The van der Waals surface area contributed by atoms with E-state index in [0.717, 1.165) is 25.0 Å². The molecule has 0 saturated carbocycles. The van der Waals surface area contributed by atoms with Crippen LogP contribution in [0.1, 0.15) is 12.6 Å². The molecule has 1 saturated heterocycles. The summed E-state index contributed by atoms with van der Waals surface area (Å²) in [6.07, 6.45) is 1.00. The van der Waals surface area contributed by atoms with Crippen molar-refractivity contribution >= 4 is 28.4 Å². The Balaban J connectivity index is 2.12. The highest BCUT2D eigenvalue weighted by molar-refractivity contribution is 7.99. The van der Waals surface area contributed by atoms with Gasteiger partial charge >= 0.3 is 0 Å². The first-order valence-electron chi connectivity index (χ1n) is 6.60. The number of pyridine rings is 1. The van der Waals surface area contributed by atoms with Crippen LogP contribution in [0.3, 0.4) is 0 Å². The van der Waals surface area contributed by atoms with E-state index >= 15 is 0 Å². The summed E-state index contributed by atoms with van der Waals surface area (Å²) in [5.41, 5.74) is 3.70. The van der Waals surface area contributed by atoms with Gasteiger partial charge in [-0.25, -0.2) is 0 Å². The highest BCUT2D eigenvalue weighted by atomic mass is 32.2. The third-order valence-electron chi connectivity index (χ3n) is 3.46. The van der Waals surface area contributed by atoms with E-state index in [1.807, 2.05) is 0 Å². The predicted octanol–water partition coefficient (Wildman–Crippen LogP) is 3.35. The summed E-state index contributed by atoms with van der Waals surface area (Å²) in [6.45, 7) is 4.48. The molecule has 3 rings (SSSR count). The molecule has 3 heteroatoms. The first-order valence-corrected chi connectivity index (χ1v) is 7.75. The van der Waals surface area contributed by atoms with E-state index in [-0.39, 0.29) is 0 Å². The molecule has 0 radical (unpaired) electrons. The summed E-state index contributed by atoms with van der Waals surface area (Å²) in [5, 5.41) is 1.29. The first kappa shape index (κ1) is 11.8. The molecule has 0 aliphatic carbocycles. The van der Waals surface area contributed by atoms with E-state index in [1.54, 1.807) is 0 Å². The van der Waals surface area contributed by atoms with Crippen molar-refractivity contribution in [1.29, 1.82) is 0 Å². The molecule has 2 heterocycles. The molecule has 0 atom stereocenters. The van der Waals surface area contributed by atoms with Gasteiger partial charge in [-0.1, -0.05) is 25.1 Å². The molecule has 0 N–H and O–H groups in total. The molecule has 0 unspecified atom stereocenters. The topological polar surface area (TPSA) is 16.1 Å². The Hall–Kier alpha value is -1.22.